The van der Waals surface area contributed by atoms with Gasteiger partial charge in [0.2, 0.25) is 0 Å². The molecule has 0 saturated carbocycles. The van der Waals surface area contributed by atoms with Gasteiger partial charge < -0.3 is 10.2 Å². The van der Waals surface area contributed by atoms with Gasteiger partial charge in [-0.15, -0.1) is 0 Å². The molecule has 4 nitrogen and oxygen atoms in total. The first kappa shape index (κ1) is 10.2. The van der Waals surface area contributed by atoms with E-state index < -0.39 is 5.76 Å². The molecule has 0 radical (unpaired) electrons. The Morgan fingerprint density at radius 1 is 1.05 bits per heavy atom. The number of oxazole rings is 1. The van der Waals surface area contributed by atoms with Crippen molar-refractivity contribution in [1.29, 1.82) is 0 Å². The maximum atomic E-state index is 11.3. The number of fused-ring (bicyclic) bond motifs is 5. The number of aromatic amines is 1. The molecule has 19 heavy (non-hydrogen) atoms. The van der Waals surface area contributed by atoms with Crippen molar-refractivity contribution in [3.05, 3.63) is 53.0 Å². The number of nitrogens with one attached hydrogen (secondary N) is 1. The number of anilines is 1. The van der Waals surface area contributed by atoms with E-state index >= 15 is 0 Å². The van der Waals surface area contributed by atoms with Crippen LogP contribution in [0.4, 0.5) is 5.69 Å². The van der Waals surface area contributed by atoms with Gasteiger partial charge in [0.25, 0.3) is 0 Å². The van der Waals surface area contributed by atoms with E-state index in [1.165, 1.54) is 0 Å². The van der Waals surface area contributed by atoms with E-state index in [0.717, 1.165) is 21.5 Å². The molecule has 3 aromatic carbocycles. The van der Waals surface area contributed by atoms with Crippen molar-refractivity contribution in [2.45, 2.75) is 0 Å². The molecule has 1 aromatic heterocycles. The molecule has 92 valence electrons. The summed E-state index contributed by atoms with van der Waals surface area (Å²) in [6.07, 6.45) is 0. The second-order valence-electron chi connectivity index (χ2n) is 4.57. The summed E-state index contributed by atoms with van der Waals surface area (Å²) in [6.45, 7) is 0. The van der Waals surface area contributed by atoms with Gasteiger partial charge in [0, 0.05) is 16.5 Å². The minimum Gasteiger partial charge on any atom is -0.407 e. The Hall–Kier alpha value is -2.75. The van der Waals surface area contributed by atoms with Gasteiger partial charge in [-0.2, -0.15) is 0 Å². The van der Waals surface area contributed by atoms with E-state index in [1.54, 1.807) is 6.07 Å². The Labute approximate surface area is 107 Å². The van der Waals surface area contributed by atoms with Crippen molar-refractivity contribution in [3.8, 4) is 0 Å². The molecule has 0 aliphatic carbocycles. The van der Waals surface area contributed by atoms with Crippen LogP contribution in [0, 0.1) is 0 Å². The zero-order chi connectivity index (χ0) is 13.0. The molecule has 0 saturated heterocycles. The summed E-state index contributed by atoms with van der Waals surface area (Å²) in [4.78, 5) is 14.0. The lowest BCUT2D eigenvalue weighted by Gasteiger charge is -2.06. The summed E-state index contributed by atoms with van der Waals surface area (Å²) >= 11 is 0. The topological polar surface area (TPSA) is 72.0 Å². The highest BCUT2D eigenvalue weighted by molar-refractivity contribution is 6.20. The fraction of sp³-hybridized carbons (Fsp3) is 0. The van der Waals surface area contributed by atoms with Crippen LogP contribution < -0.4 is 11.5 Å². The number of aromatic nitrogens is 1. The lowest BCUT2D eigenvalue weighted by Crippen LogP contribution is -1.93. The quantitative estimate of drug-likeness (QED) is 0.372. The standard InChI is InChI=1S/C15H10N2O2/c16-11-7-12-14(19-15(18)17-12)10-6-5-8-3-1-2-4-9(8)13(10)11/h1-7H,16H2,(H,17,18). The van der Waals surface area contributed by atoms with E-state index in [9.17, 15) is 4.79 Å². The second-order valence-corrected chi connectivity index (χ2v) is 4.57. The first-order valence-electron chi connectivity index (χ1n) is 5.97. The summed E-state index contributed by atoms with van der Waals surface area (Å²) in [5, 5.41) is 3.95. The lowest BCUT2D eigenvalue weighted by atomic mass is 10.00. The zero-order valence-electron chi connectivity index (χ0n) is 9.94. The average Bonchev–Trinajstić information content (AvgIpc) is 2.78. The van der Waals surface area contributed by atoms with Gasteiger partial charge in [-0.25, -0.2) is 4.79 Å². The molecule has 0 aliphatic rings. The number of rotatable bonds is 0. The summed E-state index contributed by atoms with van der Waals surface area (Å²) in [5.74, 6) is -0.463. The molecular formula is C15H10N2O2. The van der Waals surface area contributed by atoms with Gasteiger partial charge in [0.1, 0.15) is 0 Å². The van der Waals surface area contributed by atoms with E-state index in [-0.39, 0.29) is 0 Å². The zero-order valence-corrected chi connectivity index (χ0v) is 9.94. The summed E-state index contributed by atoms with van der Waals surface area (Å²) < 4.78 is 5.22. The Balaban J connectivity index is 2.38. The van der Waals surface area contributed by atoms with Gasteiger partial charge >= 0.3 is 5.76 Å². The molecule has 3 N–H and O–H groups in total. The van der Waals surface area contributed by atoms with Crippen molar-refractivity contribution >= 4 is 38.3 Å². The van der Waals surface area contributed by atoms with Crippen LogP contribution in [0.1, 0.15) is 0 Å². The van der Waals surface area contributed by atoms with E-state index in [2.05, 4.69) is 4.98 Å². The first-order valence-corrected chi connectivity index (χ1v) is 5.97. The van der Waals surface area contributed by atoms with Crippen molar-refractivity contribution < 1.29 is 4.42 Å². The van der Waals surface area contributed by atoms with Crippen LogP contribution >= 0.6 is 0 Å². The molecule has 0 amide bonds. The highest BCUT2D eigenvalue weighted by Crippen LogP contribution is 2.34. The highest BCUT2D eigenvalue weighted by atomic mass is 16.4. The molecular weight excluding hydrogens is 240 g/mol. The largest absolute Gasteiger partial charge is 0.417 e. The maximum absolute atomic E-state index is 11.3. The van der Waals surface area contributed by atoms with E-state index in [1.807, 2.05) is 36.4 Å². The predicted octanol–water partition coefficient (Wildman–Crippen LogP) is 3.01. The minimum absolute atomic E-state index is 0.463. The molecule has 0 aliphatic heterocycles. The predicted molar refractivity (Wildman–Crippen MR) is 76.3 cm³/mol. The number of nitrogens with two attached hydrogens (primary N) is 1. The maximum Gasteiger partial charge on any atom is 0.417 e. The van der Waals surface area contributed by atoms with Gasteiger partial charge in [-0.1, -0.05) is 30.3 Å². The highest BCUT2D eigenvalue weighted by Gasteiger charge is 2.11. The van der Waals surface area contributed by atoms with Crippen LogP contribution in [0.5, 0.6) is 0 Å². The molecule has 4 rings (SSSR count). The lowest BCUT2D eigenvalue weighted by molar-refractivity contribution is 0.558. The molecule has 1 heterocycles. The summed E-state index contributed by atoms with van der Waals surface area (Å²) in [6, 6.07) is 13.7. The minimum atomic E-state index is -0.463. The van der Waals surface area contributed by atoms with Crippen LogP contribution in [0.25, 0.3) is 32.6 Å². The van der Waals surface area contributed by atoms with Crippen molar-refractivity contribution in [2.24, 2.45) is 0 Å². The fourth-order valence-electron chi connectivity index (χ4n) is 2.64. The molecule has 0 fully saturated rings. The summed E-state index contributed by atoms with van der Waals surface area (Å²) in [5.41, 5.74) is 7.95. The normalized spacial score (nSPS) is 11.6. The van der Waals surface area contributed by atoms with Crippen molar-refractivity contribution in [2.75, 3.05) is 5.73 Å². The Morgan fingerprint density at radius 3 is 2.79 bits per heavy atom. The number of nitrogen functional groups attached to an aromatic ring is 1. The Bertz CT molecular complexity index is 995. The van der Waals surface area contributed by atoms with Crippen molar-refractivity contribution in [1.82, 2.24) is 4.98 Å². The van der Waals surface area contributed by atoms with Gasteiger partial charge in [-0.05, 0) is 22.9 Å². The first-order chi connectivity index (χ1) is 9.24. The molecule has 0 spiro atoms. The van der Waals surface area contributed by atoms with Crippen LogP contribution in [0.3, 0.4) is 0 Å². The third-order valence-electron chi connectivity index (χ3n) is 3.44. The molecule has 4 aromatic rings. The molecule has 4 heteroatoms. The second kappa shape index (κ2) is 3.38. The molecule has 0 atom stereocenters. The van der Waals surface area contributed by atoms with Crippen LogP contribution in [-0.2, 0) is 0 Å². The monoisotopic (exact) mass is 250 g/mol. The SMILES string of the molecule is Nc1cc2[nH]c(=O)oc2c2ccc3ccccc3c12. The Morgan fingerprint density at radius 2 is 1.89 bits per heavy atom. The number of hydrogen-bond donors (Lipinski definition) is 2. The third-order valence-corrected chi connectivity index (χ3v) is 3.44. The summed E-state index contributed by atoms with van der Waals surface area (Å²) in [7, 11) is 0. The van der Waals surface area contributed by atoms with Crippen LogP contribution in [0.2, 0.25) is 0 Å². The number of H-pyrrole nitrogens is 1. The smallest absolute Gasteiger partial charge is 0.407 e. The molecule has 0 bridgehead atoms. The van der Waals surface area contributed by atoms with Gasteiger partial charge in [-0.3, -0.25) is 4.98 Å². The van der Waals surface area contributed by atoms with Gasteiger partial charge in [0.15, 0.2) is 5.58 Å². The average molecular weight is 250 g/mol. The van der Waals surface area contributed by atoms with Gasteiger partial charge in [0.05, 0.1) is 5.52 Å². The third kappa shape index (κ3) is 1.31. The van der Waals surface area contributed by atoms with E-state index in [4.69, 9.17) is 10.2 Å². The van der Waals surface area contributed by atoms with Crippen molar-refractivity contribution in [3.63, 3.8) is 0 Å². The van der Waals surface area contributed by atoms with E-state index in [0.29, 0.717) is 16.8 Å². The molecule has 0 unspecified atom stereocenters. The fourth-order valence-corrected chi connectivity index (χ4v) is 2.64. The number of hydrogen-bond acceptors (Lipinski definition) is 3. The van der Waals surface area contributed by atoms with Crippen LogP contribution in [-0.4, -0.2) is 4.98 Å². The number of benzene rings is 3. The van der Waals surface area contributed by atoms with Crippen LogP contribution in [0.15, 0.2) is 51.7 Å². The Kier molecular flexibility index (Phi) is 1.82.